The molecule has 3 amide bonds. The van der Waals surface area contributed by atoms with Crippen LogP contribution in [0.3, 0.4) is 0 Å². The van der Waals surface area contributed by atoms with Gasteiger partial charge in [0.1, 0.15) is 6.04 Å². The third-order valence-corrected chi connectivity index (χ3v) is 13.4. The van der Waals surface area contributed by atoms with Crippen LogP contribution in [0.15, 0.2) is 24.3 Å². The van der Waals surface area contributed by atoms with Gasteiger partial charge in [0.2, 0.25) is 5.91 Å². The average molecular weight is 1020 g/mol. The highest BCUT2D eigenvalue weighted by Gasteiger charge is 2.29. The summed E-state index contributed by atoms with van der Waals surface area (Å²) in [5.41, 5.74) is 0. The Morgan fingerprint density at radius 2 is 0.819 bits per heavy atom. The molecule has 1 aliphatic heterocycles. The van der Waals surface area contributed by atoms with Crippen molar-refractivity contribution in [1.82, 2.24) is 20.0 Å². The molecule has 1 aliphatic rings. The third kappa shape index (κ3) is 40.1. The van der Waals surface area contributed by atoms with Gasteiger partial charge < -0.3 is 33.6 Å². The lowest BCUT2D eigenvalue weighted by Gasteiger charge is -2.31. The molecule has 0 aliphatic carbocycles. The molecule has 13 nitrogen and oxygen atoms in total. The van der Waals surface area contributed by atoms with Crippen molar-refractivity contribution in [2.24, 2.45) is 0 Å². The zero-order chi connectivity index (χ0) is 53.1. The Morgan fingerprint density at radius 1 is 0.472 bits per heavy atom. The second-order valence-corrected chi connectivity index (χ2v) is 22.9. The van der Waals surface area contributed by atoms with Gasteiger partial charge in [-0.05, 0) is 70.6 Å². The number of likely N-dealkylation sites (N-methyl/N-ethyl adjacent to an activating group) is 2. The van der Waals surface area contributed by atoms with Crippen LogP contribution in [-0.4, -0.2) is 174 Å². The minimum absolute atomic E-state index is 0.00283. The van der Waals surface area contributed by atoms with E-state index in [2.05, 4.69) is 43.5 Å². The molecule has 1 fully saturated rings. The number of allylic oxidation sites excluding steroid dienone is 4. The fraction of sp³-hybridized carbons (Fsp3) is 0.847. The van der Waals surface area contributed by atoms with E-state index in [9.17, 15) is 24.0 Å². The second kappa shape index (κ2) is 43.0. The molecule has 0 saturated carbocycles. The smallest absolute Gasteiger partial charge is 0.328 e. The molecular weight excluding hydrogens is 905 g/mol. The van der Waals surface area contributed by atoms with Crippen molar-refractivity contribution < 1.29 is 42.4 Å². The maximum atomic E-state index is 13.8. The summed E-state index contributed by atoms with van der Waals surface area (Å²) in [5, 5.41) is 2.90. The van der Waals surface area contributed by atoms with Crippen LogP contribution >= 0.6 is 0 Å². The van der Waals surface area contributed by atoms with Gasteiger partial charge in [-0.15, -0.1) is 0 Å². The predicted molar refractivity (Wildman–Crippen MR) is 297 cm³/mol. The molecule has 0 aromatic carbocycles. The Labute approximate surface area is 441 Å². The molecule has 1 rings (SSSR count). The number of unbranched alkanes of at least 4 members (excludes halogenated alkanes) is 24. The molecule has 72 heavy (non-hydrogen) atoms. The van der Waals surface area contributed by atoms with Crippen molar-refractivity contribution in [3.05, 3.63) is 24.3 Å². The van der Waals surface area contributed by atoms with E-state index in [1.54, 1.807) is 9.80 Å². The van der Waals surface area contributed by atoms with Crippen LogP contribution in [0, 0.1) is 0 Å². The number of quaternary nitrogens is 2. The zero-order valence-electron chi connectivity index (χ0n) is 48.0. The van der Waals surface area contributed by atoms with E-state index >= 15 is 0 Å². The third-order valence-electron chi connectivity index (χ3n) is 13.4. The number of rotatable bonds is 43. The summed E-state index contributed by atoms with van der Waals surface area (Å²) in [4.78, 5) is 72.8. The Morgan fingerprint density at radius 3 is 1.21 bits per heavy atom. The van der Waals surface area contributed by atoms with Crippen molar-refractivity contribution in [2.45, 2.75) is 213 Å². The minimum atomic E-state index is -1.01. The van der Waals surface area contributed by atoms with E-state index in [0.29, 0.717) is 67.9 Å². The van der Waals surface area contributed by atoms with Gasteiger partial charge in [-0.1, -0.05) is 154 Å². The fourth-order valence-corrected chi connectivity index (χ4v) is 8.95. The van der Waals surface area contributed by atoms with Crippen LogP contribution in [-0.2, 0) is 33.4 Å². The number of hydrogen-bond donors (Lipinski definition) is 1. The Balaban J connectivity index is 2.72. The van der Waals surface area contributed by atoms with E-state index in [4.69, 9.17) is 9.47 Å². The molecule has 418 valence electrons. The van der Waals surface area contributed by atoms with Crippen LogP contribution in [0.1, 0.15) is 206 Å². The maximum absolute atomic E-state index is 13.8. The Bertz CT molecular complexity index is 1430. The molecule has 0 spiro atoms. The molecule has 1 saturated heterocycles. The largest absolute Gasteiger partial charge is 0.466 e. The first-order chi connectivity index (χ1) is 34.5. The molecule has 1 unspecified atom stereocenters. The summed E-state index contributed by atoms with van der Waals surface area (Å²) in [6.07, 6.45) is 43.0. The van der Waals surface area contributed by atoms with Gasteiger partial charge in [0, 0.05) is 45.7 Å². The molecular formula is C59H112N6O7+2. The van der Waals surface area contributed by atoms with Crippen molar-refractivity contribution in [3.8, 4) is 0 Å². The first kappa shape index (κ1) is 66.7. The van der Waals surface area contributed by atoms with Gasteiger partial charge >= 0.3 is 11.9 Å². The molecule has 0 aromatic heterocycles. The average Bonchev–Trinajstić information content (AvgIpc) is 3.42. The van der Waals surface area contributed by atoms with Crippen LogP contribution in [0.5, 0.6) is 0 Å². The van der Waals surface area contributed by atoms with Crippen molar-refractivity contribution in [1.29, 1.82) is 0 Å². The zero-order valence-corrected chi connectivity index (χ0v) is 48.0. The van der Waals surface area contributed by atoms with E-state index in [-0.39, 0.29) is 49.7 Å². The van der Waals surface area contributed by atoms with Gasteiger partial charge in [-0.25, -0.2) is 4.79 Å². The fourth-order valence-electron chi connectivity index (χ4n) is 8.95. The molecule has 1 heterocycles. The highest BCUT2D eigenvalue weighted by atomic mass is 16.5. The normalized spacial score (nSPS) is 14.6. The van der Waals surface area contributed by atoms with E-state index in [1.807, 2.05) is 47.2 Å². The molecule has 1 N–H and O–H groups in total. The summed E-state index contributed by atoms with van der Waals surface area (Å²) in [7, 11) is 11.8. The minimum Gasteiger partial charge on any atom is -0.466 e. The van der Waals surface area contributed by atoms with Crippen LogP contribution in [0.25, 0.3) is 0 Å². The predicted octanol–water partition coefficient (Wildman–Crippen LogP) is 10.8. The number of nitrogens with one attached hydrogen (secondary N) is 1. The lowest BCUT2D eigenvalue weighted by Crippen LogP contribution is -2.50. The van der Waals surface area contributed by atoms with Crippen LogP contribution < -0.4 is 5.32 Å². The van der Waals surface area contributed by atoms with E-state index < -0.39 is 12.0 Å². The Hall–Kier alpha value is -3.29. The quantitative estimate of drug-likeness (QED) is 0.0277. The maximum Gasteiger partial charge on any atom is 0.328 e. The number of amides is 3. The molecule has 0 aromatic rings. The summed E-state index contributed by atoms with van der Waals surface area (Å²) in [6.45, 7) is 8.23. The SMILES string of the molecule is CCCCCCCC/C=C\CCCCCCCCOC(=O)CCC(NC(=O)CN1CCN(C(=O)C[N+](C)(C)C)CCN(C(=O)C[N+](C)(C)C)CC1)C(=O)OCCCCCCCC/C=C\CCCCCCCC. The van der Waals surface area contributed by atoms with Crippen molar-refractivity contribution in [3.63, 3.8) is 0 Å². The Kier molecular flexibility index (Phi) is 39.9. The molecule has 0 radical (unpaired) electrons. The molecule has 13 heteroatoms. The van der Waals surface area contributed by atoms with Crippen LogP contribution in [0.4, 0.5) is 0 Å². The summed E-state index contributed by atoms with van der Waals surface area (Å²) < 4.78 is 12.3. The summed E-state index contributed by atoms with van der Waals surface area (Å²) in [6, 6.07) is -1.01. The van der Waals surface area contributed by atoms with Crippen molar-refractivity contribution in [2.75, 3.05) is 114 Å². The number of nitrogens with zero attached hydrogens (tertiary/aromatic N) is 5. The number of hydrogen-bond acceptors (Lipinski definition) is 8. The van der Waals surface area contributed by atoms with E-state index in [1.165, 1.54) is 122 Å². The highest BCUT2D eigenvalue weighted by molar-refractivity contribution is 5.86. The number of ether oxygens (including phenoxy) is 2. The summed E-state index contributed by atoms with van der Waals surface area (Å²) in [5.74, 6) is -1.32. The number of esters is 2. The lowest BCUT2D eigenvalue weighted by atomic mass is 10.1. The number of carbonyl (C=O) groups is 5. The highest BCUT2D eigenvalue weighted by Crippen LogP contribution is 2.14. The second-order valence-electron chi connectivity index (χ2n) is 22.9. The number of carbonyl (C=O) groups excluding carboxylic acids is 5. The van der Waals surface area contributed by atoms with Crippen LogP contribution in [0.2, 0.25) is 0 Å². The first-order valence-corrected chi connectivity index (χ1v) is 29.3. The monoisotopic (exact) mass is 1020 g/mol. The van der Waals surface area contributed by atoms with Gasteiger partial charge in [0.05, 0.1) is 62.0 Å². The summed E-state index contributed by atoms with van der Waals surface area (Å²) >= 11 is 0. The van der Waals surface area contributed by atoms with Gasteiger partial charge in [0.25, 0.3) is 11.8 Å². The lowest BCUT2D eigenvalue weighted by molar-refractivity contribution is -0.862. The van der Waals surface area contributed by atoms with Crippen molar-refractivity contribution >= 4 is 29.7 Å². The van der Waals surface area contributed by atoms with Gasteiger partial charge in [0.15, 0.2) is 13.1 Å². The standard InChI is InChI=1S/C59H111N6O7/c1-9-11-13-15-17-19-21-23-25-27-29-31-33-35-37-39-49-71-58(69)42-41-54(59(70)72-50-40-38-36-34-32-30-28-26-24-22-20-18-16-14-12-10-2)60-55(66)51-61-43-45-62(56(67)52-64(3,4)5)47-48-63(46-44-61)57(68)53-65(6,7)8/h23-26,54H,9-22,27-53H2,1-8H3/q+1/p+1/b25-23-,26-24-. The van der Waals surface area contributed by atoms with Gasteiger partial charge in [-0.3, -0.25) is 24.1 Å². The molecule has 1 atom stereocenters. The van der Waals surface area contributed by atoms with E-state index in [0.717, 1.165) is 57.8 Å². The van der Waals surface area contributed by atoms with Gasteiger partial charge in [-0.2, -0.15) is 0 Å². The topological polar surface area (TPSA) is 126 Å². The first-order valence-electron chi connectivity index (χ1n) is 29.3. The molecule has 0 bridgehead atoms.